The first-order chi connectivity index (χ1) is 8.74. The molecule has 3 rings (SSSR count). The second-order valence-corrected chi connectivity index (χ2v) is 5.34. The Morgan fingerprint density at radius 2 is 2.17 bits per heavy atom. The SMILES string of the molecule is CC1CN(Cc2coc3ccccc23)C(C)CN1. The summed E-state index contributed by atoms with van der Waals surface area (Å²) >= 11 is 0. The Hall–Kier alpha value is -1.32. The average molecular weight is 244 g/mol. The molecule has 96 valence electrons. The molecule has 0 radical (unpaired) electrons. The smallest absolute Gasteiger partial charge is 0.134 e. The van der Waals surface area contributed by atoms with Gasteiger partial charge in [-0.2, -0.15) is 0 Å². The molecule has 2 aromatic rings. The number of hydrogen-bond donors (Lipinski definition) is 1. The summed E-state index contributed by atoms with van der Waals surface area (Å²) < 4.78 is 5.61. The number of rotatable bonds is 2. The molecule has 0 spiro atoms. The molecule has 0 saturated carbocycles. The van der Waals surface area contributed by atoms with Crippen LogP contribution in [0.3, 0.4) is 0 Å². The molecule has 1 aliphatic heterocycles. The maximum Gasteiger partial charge on any atom is 0.134 e. The van der Waals surface area contributed by atoms with Gasteiger partial charge in [0.15, 0.2) is 0 Å². The predicted octanol–water partition coefficient (Wildman–Crippen LogP) is 2.62. The zero-order chi connectivity index (χ0) is 12.5. The zero-order valence-corrected chi connectivity index (χ0v) is 11.0. The van der Waals surface area contributed by atoms with Crippen LogP contribution in [0, 0.1) is 0 Å². The third kappa shape index (κ3) is 2.16. The molecule has 2 unspecified atom stereocenters. The molecule has 3 heteroatoms. The minimum atomic E-state index is 0.569. The fraction of sp³-hybridized carbons (Fsp3) is 0.467. The molecule has 1 aromatic carbocycles. The molecular formula is C15H20N2O. The molecule has 2 heterocycles. The highest BCUT2D eigenvalue weighted by Crippen LogP contribution is 2.23. The van der Waals surface area contributed by atoms with E-state index in [1.165, 1.54) is 10.9 Å². The highest BCUT2D eigenvalue weighted by molar-refractivity contribution is 5.80. The van der Waals surface area contributed by atoms with Crippen LogP contribution in [0.2, 0.25) is 0 Å². The van der Waals surface area contributed by atoms with Gasteiger partial charge in [-0.3, -0.25) is 4.90 Å². The van der Waals surface area contributed by atoms with Crippen LogP contribution >= 0.6 is 0 Å². The van der Waals surface area contributed by atoms with E-state index in [2.05, 4.69) is 36.2 Å². The molecule has 18 heavy (non-hydrogen) atoms. The number of benzene rings is 1. The van der Waals surface area contributed by atoms with Crippen molar-refractivity contribution in [3.05, 3.63) is 36.1 Å². The molecule has 1 aromatic heterocycles. The molecule has 1 fully saturated rings. The first-order valence-electron chi connectivity index (χ1n) is 6.66. The Labute approximate surface area is 108 Å². The van der Waals surface area contributed by atoms with E-state index in [9.17, 15) is 0 Å². The van der Waals surface area contributed by atoms with Gasteiger partial charge in [0, 0.05) is 42.7 Å². The lowest BCUT2D eigenvalue weighted by atomic mass is 10.1. The van der Waals surface area contributed by atoms with Crippen molar-refractivity contribution in [1.82, 2.24) is 10.2 Å². The van der Waals surface area contributed by atoms with Crippen LogP contribution in [0.1, 0.15) is 19.4 Å². The maximum atomic E-state index is 5.61. The van der Waals surface area contributed by atoms with Crippen LogP contribution in [-0.2, 0) is 6.54 Å². The van der Waals surface area contributed by atoms with Crippen molar-refractivity contribution >= 4 is 11.0 Å². The fourth-order valence-electron chi connectivity index (χ4n) is 2.69. The van der Waals surface area contributed by atoms with Crippen molar-refractivity contribution in [1.29, 1.82) is 0 Å². The number of fused-ring (bicyclic) bond motifs is 1. The molecule has 1 saturated heterocycles. The second-order valence-electron chi connectivity index (χ2n) is 5.34. The zero-order valence-electron chi connectivity index (χ0n) is 11.0. The van der Waals surface area contributed by atoms with Crippen LogP contribution in [0.25, 0.3) is 11.0 Å². The van der Waals surface area contributed by atoms with Crippen LogP contribution in [0.15, 0.2) is 34.9 Å². The van der Waals surface area contributed by atoms with E-state index in [1.54, 1.807) is 0 Å². The summed E-state index contributed by atoms with van der Waals surface area (Å²) in [4.78, 5) is 2.53. The van der Waals surface area contributed by atoms with Gasteiger partial charge in [0.25, 0.3) is 0 Å². The van der Waals surface area contributed by atoms with Gasteiger partial charge in [-0.05, 0) is 19.9 Å². The van der Waals surface area contributed by atoms with E-state index in [1.807, 2.05) is 18.4 Å². The van der Waals surface area contributed by atoms with Gasteiger partial charge in [-0.1, -0.05) is 18.2 Å². The summed E-state index contributed by atoms with van der Waals surface area (Å²) in [6, 6.07) is 9.41. The minimum Gasteiger partial charge on any atom is -0.464 e. The molecule has 3 nitrogen and oxygen atoms in total. The molecule has 2 atom stereocenters. The summed E-state index contributed by atoms with van der Waals surface area (Å²) in [5, 5.41) is 4.76. The lowest BCUT2D eigenvalue weighted by Crippen LogP contribution is -2.53. The normalized spacial score (nSPS) is 25.7. The number of para-hydroxylation sites is 1. The lowest BCUT2D eigenvalue weighted by Gasteiger charge is -2.37. The standard InChI is InChI=1S/C15H20N2O/c1-11-8-17(12(2)7-16-11)9-13-10-18-15-6-4-3-5-14(13)15/h3-6,10-12,16H,7-9H2,1-2H3. The van der Waals surface area contributed by atoms with Crippen molar-refractivity contribution in [3.63, 3.8) is 0 Å². The number of furan rings is 1. The highest BCUT2D eigenvalue weighted by atomic mass is 16.3. The largest absolute Gasteiger partial charge is 0.464 e. The number of piperazine rings is 1. The lowest BCUT2D eigenvalue weighted by molar-refractivity contribution is 0.139. The molecule has 1 aliphatic rings. The summed E-state index contributed by atoms with van der Waals surface area (Å²) in [5.41, 5.74) is 2.29. The summed E-state index contributed by atoms with van der Waals surface area (Å²) in [6.45, 7) is 7.66. The van der Waals surface area contributed by atoms with Crippen molar-refractivity contribution in [2.45, 2.75) is 32.5 Å². The Bertz CT molecular complexity index is 534. The Kier molecular flexibility index (Phi) is 3.10. The van der Waals surface area contributed by atoms with Gasteiger partial charge in [-0.15, -0.1) is 0 Å². The third-order valence-corrected chi connectivity index (χ3v) is 3.83. The first kappa shape index (κ1) is 11.8. The Morgan fingerprint density at radius 3 is 3.06 bits per heavy atom. The molecular weight excluding hydrogens is 224 g/mol. The molecule has 0 aliphatic carbocycles. The number of nitrogens with zero attached hydrogens (tertiary/aromatic N) is 1. The summed E-state index contributed by atoms with van der Waals surface area (Å²) in [6.07, 6.45) is 1.91. The van der Waals surface area contributed by atoms with E-state index in [4.69, 9.17) is 4.42 Å². The predicted molar refractivity (Wildman–Crippen MR) is 73.6 cm³/mol. The van der Waals surface area contributed by atoms with E-state index in [0.717, 1.165) is 25.2 Å². The second kappa shape index (κ2) is 4.75. The maximum absolute atomic E-state index is 5.61. The first-order valence-corrected chi connectivity index (χ1v) is 6.66. The van der Waals surface area contributed by atoms with Crippen molar-refractivity contribution in [2.75, 3.05) is 13.1 Å². The van der Waals surface area contributed by atoms with Crippen LogP contribution in [0.4, 0.5) is 0 Å². The quantitative estimate of drug-likeness (QED) is 0.880. The fourth-order valence-corrected chi connectivity index (χ4v) is 2.69. The van der Waals surface area contributed by atoms with Gasteiger partial charge < -0.3 is 9.73 Å². The van der Waals surface area contributed by atoms with Crippen LogP contribution < -0.4 is 5.32 Å². The van der Waals surface area contributed by atoms with Gasteiger partial charge in [0.2, 0.25) is 0 Å². The van der Waals surface area contributed by atoms with E-state index in [-0.39, 0.29) is 0 Å². The van der Waals surface area contributed by atoms with E-state index >= 15 is 0 Å². The monoisotopic (exact) mass is 244 g/mol. The van der Waals surface area contributed by atoms with E-state index in [0.29, 0.717) is 12.1 Å². The highest BCUT2D eigenvalue weighted by Gasteiger charge is 2.23. The van der Waals surface area contributed by atoms with Gasteiger partial charge >= 0.3 is 0 Å². The van der Waals surface area contributed by atoms with Crippen molar-refractivity contribution < 1.29 is 4.42 Å². The molecule has 1 N–H and O–H groups in total. The Balaban J connectivity index is 1.83. The Morgan fingerprint density at radius 1 is 1.33 bits per heavy atom. The topological polar surface area (TPSA) is 28.4 Å². The van der Waals surface area contributed by atoms with E-state index < -0.39 is 0 Å². The van der Waals surface area contributed by atoms with Crippen molar-refractivity contribution in [2.24, 2.45) is 0 Å². The number of nitrogens with one attached hydrogen (secondary N) is 1. The van der Waals surface area contributed by atoms with Gasteiger partial charge in [0.1, 0.15) is 5.58 Å². The number of hydrogen-bond acceptors (Lipinski definition) is 3. The summed E-state index contributed by atoms with van der Waals surface area (Å²) in [5.74, 6) is 0. The molecule has 0 amide bonds. The van der Waals surface area contributed by atoms with Gasteiger partial charge in [-0.25, -0.2) is 0 Å². The van der Waals surface area contributed by atoms with Crippen molar-refractivity contribution in [3.8, 4) is 0 Å². The molecule has 0 bridgehead atoms. The average Bonchev–Trinajstić information content (AvgIpc) is 2.78. The third-order valence-electron chi connectivity index (χ3n) is 3.83. The van der Waals surface area contributed by atoms with Gasteiger partial charge in [0.05, 0.1) is 6.26 Å². The summed E-state index contributed by atoms with van der Waals surface area (Å²) in [7, 11) is 0. The van der Waals surface area contributed by atoms with Crippen LogP contribution in [-0.4, -0.2) is 30.1 Å². The van der Waals surface area contributed by atoms with Crippen LogP contribution in [0.5, 0.6) is 0 Å². The minimum absolute atomic E-state index is 0.569.